The first-order valence-electron chi connectivity index (χ1n) is 11.8. The fourth-order valence-electron chi connectivity index (χ4n) is 4.56. The van der Waals surface area contributed by atoms with Crippen molar-refractivity contribution in [2.45, 2.75) is 63.0 Å². The maximum atomic E-state index is 14.2. The highest BCUT2D eigenvalue weighted by atomic mass is 19.4. The topological polar surface area (TPSA) is 79.5 Å². The number of carbonyl (C=O) groups excluding carboxylic acids is 2. The van der Waals surface area contributed by atoms with E-state index in [1.54, 1.807) is 7.11 Å². The van der Waals surface area contributed by atoms with Crippen LogP contribution in [0.4, 0.5) is 17.6 Å². The molecule has 1 heterocycles. The summed E-state index contributed by atoms with van der Waals surface area (Å²) < 4.78 is 58.3. The van der Waals surface area contributed by atoms with Crippen molar-refractivity contribution in [1.82, 2.24) is 16.0 Å². The van der Waals surface area contributed by atoms with Crippen LogP contribution in [-0.2, 0) is 21.2 Å². The number of benzene rings is 2. The maximum Gasteiger partial charge on any atom is 0.419 e. The summed E-state index contributed by atoms with van der Waals surface area (Å²) in [6.45, 7) is 3.87. The van der Waals surface area contributed by atoms with Crippen LogP contribution in [0.15, 0.2) is 42.5 Å². The van der Waals surface area contributed by atoms with Gasteiger partial charge in [-0.1, -0.05) is 32.0 Å². The molecule has 6 nitrogen and oxygen atoms in total. The average molecular weight is 508 g/mol. The molecule has 2 aliphatic rings. The van der Waals surface area contributed by atoms with Crippen molar-refractivity contribution in [2.75, 3.05) is 7.11 Å². The van der Waals surface area contributed by atoms with Gasteiger partial charge in [-0.3, -0.25) is 14.9 Å². The maximum absolute atomic E-state index is 14.2. The van der Waals surface area contributed by atoms with Gasteiger partial charge in [-0.2, -0.15) is 13.2 Å². The summed E-state index contributed by atoms with van der Waals surface area (Å²) in [6.07, 6.45) is -3.93. The minimum Gasteiger partial charge on any atom is -0.497 e. The third kappa shape index (κ3) is 5.48. The number of hydrogen-bond acceptors (Lipinski definition) is 4. The number of alkyl halides is 3. The van der Waals surface area contributed by atoms with Gasteiger partial charge in [0.05, 0.1) is 37.3 Å². The molecule has 2 unspecified atom stereocenters. The van der Waals surface area contributed by atoms with E-state index in [1.807, 2.05) is 38.1 Å². The Morgan fingerprint density at radius 1 is 1.11 bits per heavy atom. The van der Waals surface area contributed by atoms with Crippen LogP contribution in [0.3, 0.4) is 0 Å². The lowest BCUT2D eigenvalue weighted by Crippen LogP contribution is -2.66. The molecule has 1 aliphatic carbocycles. The second kappa shape index (κ2) is 9.72. The van der Waals surface area contributed by atoms with Crippen LogP contribution in [0.25, 0.3) is 0 Å². The van der Waals surface area contributed by atoms with E-state index in [9.17, 15) is 27.2 Å². The molecule has 194 valence electrons. The number of ether oxygens (including phenoxy) is 1. The lowest BCUT2D eigenvalue weighted by atomic mass is 9.80. The fourth-order valence-corrected chi connectivity index (χ4v) is 4.56. The van der Waals surface area contributed by atoms with E-state index < -0.39 is 47.1 Å². The van der Waals surface area contributed by atoms with Gasteiger partial charge >= 0.3 is 6.18 Å². The molecule has 36 heavy (non-hydrogen) atoms. The molecule has 1 saturated carbocycles. The zero-order valence-corrected chi connectivity index (χ0v) is 20.2. The number of nitrogens with one attached hydrogen (secondary N) is 3. The first kappa shape index (κ1) is 25.9. The first-order chi connectivity index (χ1) is 16.9. The lowest BCUT2D eigenvalue weighted by Gasteiger charge is -2.41. The van der Waals surface area contributed by atoms with E-state index >= 15 is 0 Å². The van der Waals surface area contributed by atoms with Crippen LogP contribution >= 0.6 is 0 Å². The molecule has 0 radical (unpaired) electrons. The number of carbonyl (C=O) groups is 2. The largest absolute Gasteiger partial charge is 0.497 e. The zero-order chi connectivity index (χ0) is 26.3. The van der Waals surface area contributed by atoms with Crippen molar-refractivity contribution < 1.29 is 31.9 Å². The highest BCUT2D eigenvalue weighted by Crippen LogP contribution is 2.42. The summed E-state index contributed by atoms with van der Waals surface area (Å²) in [7, 11) is 1.57. The fraction of sp³-hybridized carbons (Fsp3) is 0.462. The summed E-state index contributed by atoms with van der Waals surface area (Å²) in [5, 5.41) is 8.96. The highest BCUT2D eigenvalue weighted by molar-refractivity contribution is 5.90. The molecule has 10 heteroatoms. The van der Waals surface area contributed by atoms with Gasteiger partial charge in [0.25, 0.3) is 0 Å². The summed E-state index contributed by atoms with van der Waals surface area (Å²) in [6, 6.07) is 8.64. The number of amides is 2. The Hall–Kier alpha value is -3.14. The van der Waals surface area contributed by atoms with Gasteiger partial charge in [-0.25, -0.2) is 4.39 Å². The second-order valence-electron chi connectivity index (χ2n) is 9.93. The van der Waals surface area contributed by atoms with Crippen molar-refractivity contribution in [3.05, 3.63) is 65.0 Å². The quantitative estimate of drug-likeness (QED) is 0.491. The molecule has 2 amide bonds. The van der Waals surface area contributed by atoms with Gasteiger partial charge < -0.3 is 15.4 Å². The molecule has 3 N–H and O–H groups in total. The number of rotatable bonds is 7. The van der Waals surface area contributed by atoms with Crippen LogP contribution in [0, 0.1) is 11.7 Å². The molecule has 0 spiro atoms. The van der Waals surface area contributed by atoms with Crippen LogP contribution < -0.4 is 20.7 Å². The predicted molar refractivity (Wildman–Crippen MR) is 125 cm³/mol. The van der Waals surface area contributed by atoms with E-state index in [0.717, 1.165) is 24.5 Å². The molecular formula is C26H29F4N3O3. The van der Waals surface area contributed by atoms with Crippen molar-refractivity contribution in [2.24, 2.45) is 5.92 Å². The Balaban J connectivity index is 1.50. The summed E-state index contributed by atoms with van der Waals surface area (Å²) in [4.78, 5) is 25.8. The van der Waals surface area contributed by atoms with Crippen LogP contribution in [0.1, 0.15) is 55.8 Å². The number of halogens is 4. The molecule has 0 aromatic heterocycles. The van der Waals surface area contributed by atoms with Crippen LogP contribution in [0.5, 0.6) is 5.75 Å². The molecule has 2 aromatic carbocycles. The Kier molecular flexibility index (Phi) is 7.01. The van der Waals surface area contributed by atoms with Crippen molar-refractivity contribution in [1.29, 1.82) is 0 Å². The van der Waals surface area contributed by atoms with Crippen molar-refractivity contribution >= 4 is 11.8 Å². The molecule has 2 fully saturated rings. The van der Waals surface area contributed by atoms with Gasteiger partial charge in [0.1, 0.15) is 11.6 Å². The molecule has 1 saturated heterocycles. The molecule has 1 aliphatic heterocycles. The number of hydrogen-bond donors (Lipinski definition) is 3. The average Bonchev–Trinajstić information content (AvgIpc) is 3.66. The molecule has 4 rings (SSSR count). The van der Waals surface area contributed by atoms with Gasteiger partial charge in [-0.15, -0.1) is 0 Å². The van der Waals surface area contributed by atoms with Crippen LogP contribution in [0.2, 0.25) is 0 Å². The monoisotopic (exact) mass is 507 g/mol. The van der Waals surface area contributed by atoms with Gasteiger partial charge in [0.2, 0.25) is 11.8 Å². The smallest absolute Gasteiger partial charge is 0.419 e. The third-order valence-corrected chi connectivity index (χ3v) is 6.98. The minimum absolute atomic E-state index is 0.00552. The summed E-state index contributed by atoms with van der Waals surface area (Å²) in [5.41, 5.74) is -0.751. The van der Waals surface area contributed by atoms with E-state index in [-0.39, 0.29) is 23.8 Å². The van der Waals surface area contributed by atoms with Crippen LogP contribution in [-0.4, -0.2) is 31.1 Å². The minimum atomic E-state index is -4.80. The lowest BCUT2D eigenvalue weighted by molar-refractivity contribution is -0.140. The second-order valence-corrected chi connectivity index (χ2v) is 9.93. The number of methoxy groups -OCH3 is 1. The Morgan fingerprint density at radius 3 is 2.33 bits per heavy atom. The third-order valence-electron chi connectivity index (χ3n) is 6.98. The predicted octanol–water partition coefficient (Wildman–Crippen LogP) is 4.20. The summed E-state index contributed by atoms with van der Waals surface area (Å²) >= 11 is 0. The normalized spacial score (nSPS) is 21.5. The van der Waals surface area contributed by atoms with Crippen molar-refractivity contribution in [3.63, 3.8) is 0 Å². The molecule has 0 bridgehead atoms. The Morgan fingerprint density at radius 2 is 1.78 bits per heavy atom. The highest BCUT2D eigenvalue weighted by Gasteiger charge is 2.42. The molecule has 3 atom stereocenters. The SMILES string of the molecule is COc1ccc(C(C)(C)C2NC(=O)CC(C(=O)N[C@@H](c3ccc(C(F)(F)F)c(F)c3)C3CC3)N2)cc1. The zero-order valence-electron chi connectivity index (χ0n) is 20.2. The molecule has 2 aromatic rings. The summed E-state index contributed by atoms with van der Waals surface area (Å²) in [5.74, 6) is -1.45. The van der Waals surface area contributed by atoms with E-state index in [0.29, 0.717) is 11.8 Å². The Bertz CT molecular complexity index is 1130. The van der Waals surface area contributed by atoms with E-state index in [1.165, 1.54) is 6.07 Å². The van der Waals surface area contributed by atoms with Gasteiger partial charge in [0.15, 0.2) is 0 Å². The van der Waals surface area contributed by atoms with Gasteiger partial charge in [-0.05, 0) is 54.2 Å². The van der Waals surface area contributed by atoms with Gasteiger partial charge in [0, 0.05) is 5.41 Å². The van der Waals surface area contributed by atoms with Crippen molar-refractivity contribution in [3.8, 4) is 5.75 Å². The Labute approximate surface area is 206 Å². The first-order valence-corrected chi connectivity index (χ1v) is 11.8. The van der Waals surface area contributed by atoms with E-state index in [4.69, 9.17) is 4.74 Å². The molecular weight excluding hydrogens is 478 g/mol. The van der Waals surface area contributed by atoms with E-state index in [2.05, 4.69) is 16.0 Å². The standard InChI is InChI=1S/C26H29F4N3O3/c1-25(2,16-7-9-17(36-3)10-8-16)24-31-20(13-21(34)32-24)23(35)33-22(14-4-5-14)15-6-11-18(19(27)12-15)26(28,29)30/h6-12,14,20,22,24,31H,4-5,13H2,1-3H3,(H,32,34)(H,33,35)/t20?,22-,24?/m1/s1.